The second-order valence-electron chi connectivity index (χ2n) is 5.57. The van der Waals surface area contributed by atoms with Gasteiger partial charge in [0.25, 0.3) is 10.0 Å². The predicted octanol–water partition coefficient (Wildman–Crippen LogP) is 3.64. The van der Waals surface area contributed by atoms with Gasteiger partial charge in [0, 0.05) is 11.8 Å². The number of hydrogen-bond donors (Lipinski definition) is 2. The van der Waals surface area contributed by atoms with Gasteiger partial charge in [0.1, 0.15) is 17.3 Å². The largest absolute Gasteiger partial charge is 0.497 e. The molecule has 0 bridgehead atoms. The molecule has 0 amide bonds. The molecule has 3 aromatic rings. The van der Waals surface area contributed by atoms with Crippen LogP contribution in [0, 0.1) is 0 Å². The van der Waals surface area contributed by atoms with Crippen LogP contribution in [0.4, 0.5) is 17.2 Å². The number of sulfonamides is 1. The zero-order valence-corrected chi connectivity index (χ0v) is 15.7. The highest BCUT2D eigenvalue weighted by atomic mass is 32.2. The van der Waals surface area contributed by atoms with Gasteiger partial charge in [-0.1, -0.05) is 6.07 Å². The quantitative estimate of drug-likeness (QED) is 0.645. The summed E-state index contributed by atoms with van der Waals surface area (Å²) in [7, 11) is -0.581. The van der Waals surface area contributed by atoms with E-state index < -0.39 is 10.0 Å². The Morgan fingerprint density at radius 1 is 0.852 bits per heavy atom. The van der Waals surface area contributed by atoms with E-state index in [0.717, 1.165) is 11.4 Å². The maximum absolute atomic E-state index is 12.4. The van der Waals surface area contributed by atoms with Crippen molar-refractivity contribution in [2.75, 3.05) is 24.3 Å². The summed E-state index contributed by atoms with van der Waals surface area (Å²) in [6.07, 6.45) is 1.45. The molecule has 8 heteroatoms. The van der Waals surface area contributed by atoms with Crippen LogP contribution in [0.5, 0.6) is 11.5 Å². The maximum Gasteiger partial charge on any atom is 0.261 e. The van der Waals surface area contributed by atoms with Gasteiger partial charge in [-0.25, -0.2) is 13.4 Å². The Balaban J connectivity index is 1.70. The average molecular weight is 385 g/mol. The van der Waals surface area contributed by atoms with Crippen LogP contribution in [0.25, 0.3) is 0 Å². The third-order valence-electron chi connectivity index (χ3n) is 3.73. The van der Waals surface area contributed by atoms with E-state index in [1.807, 2.05) is 24.3 Å². The van der Waals surface area contributed by atoms with E-state index in [4.69, 9.17) is 9.47 Å². The van der Waals surface area contributed by atoms with Crippen molar-refractivity contribution in [3.8, 4) is 11.5 Å². The molecule has 7 nitrogen and oxygen atoms in total. The fourth-order valence-corrected chi connectivity index (χ4v) is 3.39. The second-order valence-corrected chi connectivity index (χ2v) is 7.25. The molecule has 0 saturated heterocycles. The number of ether oxygens (including phenoxy) is 2. The number of rotatable bonds is 7. The summed E-state index contributed by atoms with van der Waals surface area (Å²) in [6.45, 7) is 0. The average Bonchev–Trinajstić information content (AvgIpc) is 2.69. The molecule has 0 atom stereocenters. The smallest absolute Gasteiger partial charge is 0.261 e. The van der Waals surface area contributed by atoms with Gasteiger partial charge in [-0.05, 0) is 48.5 Å². The predicted molar refractivity (Wildman–Crippen MR) is 104 cm³/mol. The highest BCUT2D eigenvalue weighted by Gasteiger charge is 2.14. The molecule has 0 aliphatic rings. The molecule has 0 unspecified atom stereocenters. The van der Waals surface area contributed by atoms with Crippen molar-refractivity contribution in [3.63, 3.8) is 0 Å². The highest BCUT2D eigenvalue weighted by Crippen LogP contribution is 2.22. The van der Waals surface area contributed by atoms with Crippen molar-refractivity contribution in [1.82, 2.24) is 4.98 Å². The Hall–Kier alpha value is -3.26. The first kappa shape index (κ1) is 18.5. The summed E-state index contributed by atoms with van der Waals surface area (Å²) in [5.74, 6) is 1.89. The van der Waals surface area contributed by atoms with Crippen LogP contribution in [0.3, 0.4) is 0 Å². The summed E-state index contributed by atoms with van der Waals surface area (Å²) in [5, 5.41) is 3.13. The molecule has 0 saturated carbocycles. The standard InChI is InChI=1S/C19H19N3O4S/c1-25-16-7-9-18(10-8-16)27(23,24)22-15-6-11-19(20-13-15)21-14-4-3-5-17(12-14)26-2/h3-13,22H,1-2H3,(H,20,21). The lowest BCUT2D eigenvalue weighted by atomic mass is 10.3. The Morgan fingerprint density at radius 3 is 2.22 bits per heavy atom. The van der Waals surface area contributed by atoms with Crippen molar-refractivity contribution in [1.29, 1.82) is 0 Å². The molecule has 0 aliphatic carbocycles. The second kappa shape index (κ2) is 7.96. The van der Waals surface area contributed by atoms with Crippen LogP contribution >= 0.6 is 0 Å². The number of nitrogens with zero attached hydrogens (tertiary/aromatic N) is 1. The molecule has 3 rings (SSSR count). The van der Waals surface area contributed by atoms with Gasteiger partial charge < -0.3 is 14.8 Å². The molecule has 27 heavy (non-hydrogen) atoms. The first-order valence-corrected chi connectivity index (χ1v) is 9.52. The number of nitrogens with one attached hydrogen (secondary N) is 2. The fourth-order valence-electron chi connectivity index (χ4n) is 2.35. The van der Waals surface area contributed by atoms with Gasteiger partial charge in [0.15, 0.2) is 0 Å². The lowest BCUT2D eigenvalue weighted by molar-refractivity contribution is 0.414. The molecule has 0 fully saturated rings. The zero-order chi connectivity index (χ0) is 19.3. The number of methoxy groups -OCH3 is 2. The van der Waals surface area contributed by atoms with E-state index in [1.165, 1.54) is 25.4 Å². The van der Waals surface area contributed by atoms with Crippen LogP contribution in [0.15, 0.2) is 71.8 Å². The van der Waals surface area contributed by atoms with Gasteiger partial charge in [0.2, 0.25) is 0 Å². The molecule has 1 heterocycles. The maximum atomic E-state index is 12.4. The molecular weight excluding hydrogens is 366 g/mol. The van der Waals surface area contributed by atoms with Gasteiger partial charge >= 0.3 is 0 Å². The Morgan fingerprint density at radius 2 is 1.59 bits per heavy atom. The first-order valence-electron chi connectivity index (χ1n) is 8.04. The number of anilines is 3. The van der Waals surface area contributed by atoms with Crippen molar-refractivity contribution < 1.29 is 17.9 Å². The first-order chi connectivity index (χ1) is 13.0. The summed E-state index contributed by atoms with van der Waals surface area (Å²) >= 11 is 0. The van der Waals surface area contributed by atoms with Crippen molar-refractivity contribution >= 4 is 27.2 Å². The monoisotopic (exact) mass is 385 g/mol. The van der Waals surface area contributed by atoms with E-state index >= 15 is 0 Å². The van der Waals surface area contributed by atoms with Crippen LogP contribution in [-0.4, -0.2) is 27.6 Å². The summed E-state index contributed by atoms with van der Waals surface area (Å²) < 4.78 is 37.6. The van der Waals surface area contributed by atoms with E-state index in [2.05, 4.69) is 15.0 Å². The molecule has 2 N–H and O–H groups in total. The number of aromatic nitrogens is 1. The van der Waals surface area contributed by atoms with E-state index in [1.54, 1.807) is 31.4 Å². The Labute approximate surface area is 158 Å². The molecular formula is C19H19N3O4S. The molecule has 0 spiro atoms. The highest BCUT2D eigenvalue weighted by molar-refractivity contribution is 7.92. The number of pyridine rings is 1. The lowest BCUT2D eigenvalue weighted by Crippen LogP contribution is -2.13. The summed E-state index contributed by atoms with van der Waals surface area (Å²) in [4.78, 5) is 4.38. The minimum Gasteiger partial charge on any atom is -0.497 e. The number of benzene rings is 2. The van der Waals surface area contributed by atoms with E-state index in [-0.39, 0.29) is 4.90 Å². The summed E-state index contributed by atoms with van der Waals surface area (Å²) in [5.41, 5.74) is 1.18. The third kappa shape index (κ3) is 4.68. The van der Waals surface area contributed by atoms with Gasteiger partial charge in [-0.2, -0.15) is 0 Å². The normalized spacial score (nSPS) is 10.9. The molecule has 140 valence electrons. The van der Waals surface area contributed by atoms with Crippen LogP contribution < -0.4 is 19.5 Å². The van der Waals surface area contributed by atoms with Gasteiger partial charge in [0.05, 0.1) is 31.0 Å². The van der Waals surface area contributed by atoms with Gasteiger partial charge in [-0.3, -0.25) is 4.72 Å². The number of hydrogen-bond acceptors (Lipinski definition) is 6. The minimum absolute atomic E-state index is 0.141. The Kier molecular flexibility index (Phi) is 5.46. The SMILES string of the molecule is COc1ccc(S(=O)(=O)Nc2ccc(Nc3cccc(OC)c3)nc2)cc1. The molecule has 0 aliphatic heterocycles. The zero-order valence-electron chi connectivity index (χ0n) is 14.8. The summed E-state index contributed by atoms with van der Waals surface area (Å²) in [6, 6.07) is 16.9. The van der Waals surface area contributed by atoms with Crippen LogP contribution in [0.1, 0.15) is 0 Å². The van der Waals surface area contributed by atoms with E-state index in [9.17, 15) is 8.42 Å². The third-order valence-corrected chi connectivity index (χ3v) is 5.12. The molecule has 1 aromatic heterocycles. The Bertz CT molecular complexity index is 1000. The van der Waals surface area contributed by atoms with Crippen LogP contribution in [-0.2, 0) is 10.0 Å². The molecule has 0 radical (unpaired) electrons. The fraction of sp³-hybridized carbons (Fsp3) is 0.105. The minimum atomic E-state index is -3.70. The van der Waals surface area contributed by atoms with Crippen molar-refractivity contribution in [3.05, 3.63) is 66.9 Å². The van der Waals surface area contributed by atoms with Gasteiger partial charge in [-0.15, -0.1) is 0 Å². The topological polar surface area (TPSA) is 89.6 Å². The molecule has 2 aromatic carbocycles. The lowest BCUT2D eigenvalue weighted by Gasteiger charge is -2.10. The van der Waals surface area contributed by atoms with Crippen molar-refractivity contribution in [2.24, 2.45) is 0 Å². The van der Waals surface area contributed by atoms with Crippen molar-refractivity contribution in [2.45, 2.75) is 4.90 Å². The van der Waals surface area contributed by atoms with Crippen LogP contribution in [0.2, 0.25) is 0 Å². The van der Waals surface area contributed by atoms with E-state index in [0.29, 0.717) is 17.3 Å².